The average molecular weight is 369 g/mol. The summed E-state index contributed by atoms with van der Waals surface area (Å²) in [5, 5.41) is 4.07. The smallest absolute Gasteiger partial charge is 0.338 e. The summed E-state index contributed by atoms with van der Waals surface area (Å²) in [5.41, 5.74) is 0.692. The van der Waals surface area contributed by atoms with E-state index in [1.807, 2.05) is 4.90 Å². The van der Waals surface area contributed by atoms with Crippen LogP contribution in [-0.2, 0) is 11.2 Å². The lowest BCUT2D eigenvalue weighted by Gasteiger charge is -2.32. The summed E-state index contributed by atoms with van der Waals surface area (Å²) in [4.78, 5) is 31.3. The summed E-state index contributed by atoms with van der Waals surface area (Å²) in [6.07, 6.45) is 4.90. The first-order valence-corrected chi connectivity index (χ1v) is 9.45. The third kappa shape index (κ3) is 3.86. The van der Waals surface area contributed by atoms with E-state index < -0.39 is 5.97 Å². The second-order valence-corrected chi connectivity index (χ2v) is 7.32. The summed E-state index contributed by atoms with van der Waals surface area (Å²) in [5.74, 6) is 1.60. The van der Waals surface area contributed by atoms with Gasteiger partial charge in [0.25, 0.3) is 5.91 Å². The summed E-state index contributed by atoms with van der Waals surface area (Å²) in [6, 6.07) is 6.80. The maximum absolute atomic E-state index is 13.0. The number of ether oxygens (including phenoxy) is 1. The van der Waals surface area contributed by atoms with Gasteiger partial charge in [-0.05, 0) is 43.7 Å². The van der Waals surface area contributed by atoms with E-state index in [2.05, 4.69) is 10.1 Å². The SMILES string of the molecule is COC(=O)c1ccccc1C(=O)N1CCCC(Cc2nc(C3CC3)no2)C1. The number of piperidine rings is 1. The van der Waals surface area contributed by atoms with Gasteiger partial charge in [-0.15, -0.1) is 0 Å². The van der Waals surface area contributed by atoms with E-state index in [1.165, 1.54) is 7.11 Å². The Morgan fingerprint density at radius 3 is 2.74 bits per heavy atom. The van der Waals surface area contributed by atoms with Crippen LogP contribution in [0.2, 0.25) is 0 Å². The van der Waals surface area contributed by atoms with Gasteiger partial charge in [-0.2, -0.15) is 4.98 Å². The van der Waals surface area contributed by atoms with E-state index in [4.69, 9.17) is 9.26 Å². The molecule has 1 amide bonds. The first-order chi connectivity index (χ1) is 13.2. The quantitative estimate of drug-likeness (QED) is 0.754. The van der Waals surface area contributed by atoms with Gasteiger partial charge in [-0.3, -0.25) is 4.79 Å². The average Bonchev–Trinajstić information content (AvgIpc) is 3.46. The maximum Gasteiger partial charge on any atom is 0.338 e. The van der Waals surface area contributed by atoms with Gasteiger partial charge in [-0.25, -0.2) is 4.79 Å². The molecule has 2 aromatic rings. The van der Waals surface area contributed by atoms with Gasteiger partial charge >= 0.3 is 5.97 Å². The number of nitrogens with zero attached hydrogens (tertiary/aromatic N) is 3. The molecule has 1 aliphatic heterocycles. The van der Waals surface area contributed by atoms with Crippen molar-refractivity contribution in [2.75, 3.05) is 20.2 Å². The molecule has 0 bridgehead atoms. The van der Waals surface area contributed by atoms with Crippen LogP contribution < -0.4 is 0 Å². The molecule has 0 radical (unpaired) electrons. The molecule has 1 atom stereocenters. The number of esters is 1. The van der Waals surface area contributed by atoms with Crippen LogP contribution >= 0.6 is 0 Å². The summed E-state index contributed by atoms with van der Waals surface area (Å²) in [7, 11) is 1.32. The van der Waals surface area contributed by atoms with Crippen molar-refractivity contribution in [1.82, 2.24) is 15.0 Å². The second-order valence-electron chi connectivity index (χ2n) is 7.32. The zero-order valence-electron chi connectivity index (χ0n) is 15.4. The van der Waals surface area contributed by atoms with Crippen molar-refractivity contribution in [2.45, 2.75) is 38.0 Å². The van der Waals surface area contributed by atoms with E-state index >= 15 is 0 Å². The molecule has 2 fully saturated rings. The molecule has 142 valence electrons. The Kier molecular flexibility index (Phi) is 4.92. The molecule has 2 aliphatic rings. The number of likely N-dealkylation sites (tertiary alicyclic amines) is 1. The van der Waals surface area contributed by atoms with Gasteiger partial charge in [0.2, 0.25) is 5.89 Å². The molecule has 27 heavy (non-hydrogen) atoms. The number of hydrogen-bond donors (Lipinski definition) is 0. The number of carbonyl (C=O) groups is 2. The number of amides is 1. The fourth-order valence-corrected chi connectivity index (χ4v) is 3.65. The topological polar surface area (TPSA) is 85.5 Å². The fraction of sp³-hybridized carbons (Fsp3) is 0.500. The molecule has 1 aliphatic carbocycles. The Morgan fingerprint density at radius 2 is 2.00 bits per heavy atom. The zero-order valence-corrected chi connectivity index (χ0v) is 15.4. The molecule has 1 saturated carbocycles. The van der Waals surface area contributed by atoms with E-state index in [1.54, 1.807) is 24.3 Å². The van der Waals surface area contributed by atoms with Gasteiger partial charge in [0.15, 0.2) is 5.82 Å². The highest BCUT2D eigenvalue weighted by molar-refractivity contribution is 6.05. The lowest BCUT2D eigenvalue weighted by atomic mass is 9.94. The molecule has 0 N–H and O–H groups in total. The van der Waals surface area contributed by atoms with Crippen LogP contribution in [0, 0.1) is 5.92 Å². The Morgan fingerprint density at radius 1 is 1.22 bits per heavy atom. The molecule has 2 heterocycles. The Labute approximate surface area is 157 Å². The molecule has 4 rings (SSSR count). The van der Waals surface area contributed by atoms with Crippen molar-refractivity contribution in [3.05, 3.63) is 47.1 Å². The van der Waals surface area contributed by atoms with Gasteiger partial charge in [0.05, 0.1) is 18.2 Å². The third-order valence-corrected chi connectivity index (χ3v) is 5.26. The van der Waals surface area contributed by atoms with Crippen molar-refractivity contribution < 1.29 is 18.8 Å². The predicted octanol–water partition coefficient (Wildman–Crippen LogP) is 2.83. The van der Waals surface area contributed by atoms with Crippen molar-refractivity contribution in [1.29, 1.82) is 0 Å². The van der Waals surface area contributed by atoms with Crippen LogP contribution in [-0.4, -0.2) is 47.1 Å². The molecular formula is C20H23N3O4. The van der Waals surface area contributed by atoms with E-state index in [0.717, 1.165) is 31.5 Å². The number of carbonyl (C=O) groups excluding carboxylic acids is 2. The first kappa shape index (κ1) is 17.7. The molecule has 1 aromatic heterocycles. The molecule has 7 nitrogen and oxygen atoms in total. The third-order valence-electron chi connectivity index (χ3n) is 5.26. The zero-order chi connectivity index (χ0) is 18.8. The summed E-state index contributed by atoms with van der Waals surface area (Å²) >= 11 is 0. The van der Waals surface area contributed by atoms with Crippen LogP contribution in [0.15, 0.2) is 28.8 Å². The minimum Gasteiger partial charge on any atom is -0.465 e. The second kappa shape index (κ2) is 7.50. The molecule has 0 spiro atoms. The summed E-state index contributed by atoms with van der Waals surface area (Å²) in [6.45, 7) is 1.30. The van der Waals surface area contributed by atoms with Crippen molar-refractivity contribution in [3.8, 4) is 0 Å². The number of rotatable bonds is 5. The highest BCUT2D eigenvalue weighted by Gasteiger charge is 2.31. The Balaban J connectivity index is 1.44. The standard InChI is InChI=1S/C20H23N3O4/c1-26-20(25)16-7-3-2-6-15(16)19(24)23-10-4-5-13(12-23)11-17-21-18(22-27-17)14-8-9-14/h2-3,6-7,13-14H,4-5,8-12H2,1H3. The monoisotopic (exact) mass is 369 g/mol. The van der Waals surface area contributed by atoms with Crippen LogP contribution in [0.3, 0.4) is 0 Å². The molecular weight excluding hydrogens is 346 g/mol. The Hall–Kier alpha value is -2.70. The highest BCUT2D eigenvalue weighted by atomic mass is 16.5. The predicted molar refractivity (Wildman–Crippen MR) is 96.4 cm³/mol. The molecule has 1 aromatic carbocycles. The van der Waals surface area contributed by atoms with Crippen LogP contribution in [0.1, 0.15) is 64.0 Å². The fourth-order valence-electron chi connectivity index (χ4n) is 3.65. The normalized spacial score (nSPS) is 19.7. The minimum atomic E-state index is -0.494. The van der Waals surface area contributed by atoms with Gasteiger partial charge in [0, 0.05) is 25.4 Å². The molecule has 1 unspecified atom stereocenters. The summed E-state index contributed by atoms with van der Waals surface area (Å²) < 4.78 is 10.2. The number of aromatic nitrogens is 2. The van der Waals surface area contributed by atoms with Crippen LogP contribution in [0.4, 0.5) is 0 Å². The Bertz CT molecular complexity index is 843. The van der Waals surface area contributed by atoms with Gasteiger partial charge in [-0.1, -0.05) is 17.3 Å². The largest absolute Gasteiger partial charge is 0.465 e. The van der Waals surface area contributed by atoms with Crippen molar-refractivity contribution >= 4 is 11.9 Å². The van der Waals surface area contributed by atoms with Gasteiger partial charge in [0.1, 0.15) is 0 Å². The van der Waals surface area contributed by atoms with E-state index in [-0.39, 0.29) is 11.8 Å². The van der Waals surface area contributed by atoms with Crippen molar-refractivity contribution in [2.24, 2.45) is 5.92 Å². The number of benzene rings is 1. The molecule has 7 heteroatoms. The molecule has 1 saturated heterocycles. The highest BCUT2D eigenvalue weighted by Crippen LogP contribution is 2.38. The van der Waals surface area contributed by atoms with Crippen molar-refractivity contribution in [3.63, 3.8) is 0 Å². The lowest BCUT2D eigenvalue weighted by molar-refractivity contribution is 0.0581. The van der Waals surface area contributed by atoms with E-state index in [9.17, 15) is 9.59 Å². The van der Waals surface area contributed by atoms with E-state index in [0.29, 0.717) is 42.4 Å². The lowest BCUT2D eigenvalue weighted by Crippen LogP contribution is -2.41. The number of hydrogen-bond acceptors (Lipinski definition) is 6. The number of methoxy groups -OCH3 is 1. The van der Waals surface area contributed by atoms with Crippen LogP contribution in [0.25, 0.3) is 0 Å². The maximum atomic E-state index is 13.0. The minimum absolute atomic E-state index is 0.134. The van der Waals surface area contributed by atoms with Gasteiger partial charge < -0.3 is 14.2 Å². The van der Waals surface area contributed by atoms with Crippen LogP contribution in [0.5, 0.6) is 0 Å². The first-order valence-electron chi connectivity index (χ1n) is 9.45.